The van der Waals surface area contributed by atoms with Gasteiger partial charge in [0.15, 0.2) is 17.1 Å². The molecule has 0 amide bonds. The third kappa shape index (κ3) is 5.11. The number of fused-ring (bicyclic) bond motifs is 6. The molecule has 8 nitrogen and oxygen atoms in total. The fraction of sp³-hybridized carbons (Fsp3) is 0.447. The molecule has 0 saturated carbocycles. The van der Waals surface area contributed by atoms with Gasteiger partial charge in [-0.2, -0.15) is 0 Å². The van der Waals surface area contributed by atoms with Crippen molar-refractivity contribution in [2.24, 2.45) is 16.2 Å². The van der Waals surface area contributed by atoms with Gasteiger partial charge in [0.25, 0.3) is 0 Å². The Labute approximate surface area is 278 Å². The quantitative estimate of drug-likeness (QED) is 0.146. The van der Waals surface area contributed by atoms with Gasteiger partial charge in [0, 0.05) is 22.3 Å². The van der Waals surface area contributed by atoms with Crippen molar-refractivity contribution in [1.82, 2.24) is 0 Å². The molecule has 3 aromatic carbocycles. The van der Waals surface area contributed by atoms with E-state index in [1.807, 2.05) is 53.7 Å². The molecule has 47 heavy (non-hydrogen) atoms. The highest BCUT2D eigenvalue weighted by Crippen LogP contribution is 2.62. The Morgan fingerprint density at radius 3 is 2.17 bits per heavy atom. The number of carbonyl (C=O) groups excluding carboxylic acids is 3. The number of aromatic hydroxyl groups is 1. The third-order valence-electron chi connectivity index (χ3n) is 11.2. The highest BCUT2D eigenvalue weighted by Gasteiger charge is 2.56. The second kappa shape index (κ2) is 11.7. The molecule has 5 rings (SSSR count). The second-order valence-corrected chi connectivity index (χ2v) is 17.4. The Bertz CT molecular complexity index is 1760. The van der Waals surface area contributed by atoms with E-state index in [9.17, 15) is 19.5 Å². The lowest BCUT2D eigenvalue weighted by atomic mass is 9.69. The molecule has 4 atom stereocenters. The zero-order valence-electron chi connectivity index (χ0n) is 28.9. The van der Waals surface area contributed by atoms with Crippen molar-refractivity contribution in [2.75, 3.05) is 19.9 Å². The normalized spacial score (nSPS) is 20.0. The molecule has 250 valence electrons. The highest BCUT2D eigenvalue weighted by molar-refractivity contribution is 7.58. The Morgan fingerprint density at radius 2 is 1.53 bits per heavy atom. The lowest BCUT2D eigenvalue weighted by Crippen LogP contribution is -2.50. The largest absolute Gasteiger partial charge is 0.508 e. The van der Waals surface area contributed by atoms with E-state index in [0.29, 0.717) is 34.8 Å². The first-order chi connectivity index (χ1) is 21.9. The van der Waals surface area contributed by atoms with Crippen molar-refractivity contribution in [3.63, 3.8) is 0 Å². The number of hydrogen-bond acceptors (Lipinski definition) is 8. The zero-order chi connectivity index (χ0) is 34.7. The van der Waals surface area contributed by atoms with Gasteiger partial charge in [0.2, 0.25) is 0 Å². The molecule has 0 bridgehead atoms. The van der Waals surface area contributed by atoms with Gasteiger partial charge in [-0.05, 0) is 62.8 Å². The SMILES string of the molecule is CCC(C)(C(=O)OC)C(C)(C)P(C)CC(C)(C(=O)Oc1cccc2c1Oc1cc(O)ccc1C21OC(=O)c2ccccc21)C(C)(C)C. The Morgan fingerprint density at radius 1 is 0.872 bits per heavy atom. The van der Waals surface area contributed by atoms with Crippen LogP contribution >= 0.6 is 7.92 Å². The standard InChI is InChI=1S/C38H45O8P/c1-11-36(7,32(41)43-9)35(5,6)47(10)22-37(8,34(2,3)4)33(42)45-28-18-14-17-27-30(28)44-29-21-23(39)19-20-26(29)38(27)25-16-13-12-15-24(25)31(40)46-38/h12-21,39H,11,22H2,1-10H3. The minimum Gasteiger partial charge on any atom is -0.508 e. The van der Waals surface area contributed by atoms with Gasteiger partial charge < -0.3 is 24.1 Å². The van der Waals surface area contributed by atoms with Crippen molar-refractivity contribution in [1.29, 1.82) is 0 Å². The molecule has 0 saturated heterocycles. The van der Waals surface area contributed by atoms with Crippen LogP contribution in [0.1, 0.15) is 88.9 Å². The number of phenolic OH excluding ortho intramolecular Hbond substituents is 1. The summed E-state index contributed by atoms with van der Waals surface area (Å²) < 4.78 is 24.2. The zero-order valence-corrected chi connectivity index (χ0v) is 29.8. The van der Waals surface area contributed by atoms with Crippen LogP contribution in [0.25, 0.3) is 0 Å². The van der Waals surface area contributed by atoms with Crippen LogP contribution in [0, 0.1) is 16.2 Å². The van der Waals surface area contributed by atoms with Gasteiger partial charge in [-0.1, -0.05) is 71.9 Å². The fourth-order valence-corrected chi connectivity index (χ4v) is 9.74. The van der Waals surface area contributed by atoms with Gasteiger partial charge >= 0.3 is 17.9 Å². The first-order valence-corrected chi connectivity index (χ1v) is 17.9. The lowest BCUT2D eigenvalue weighted by Gasteiger charge is -2.50. The summed E-state index contributed by atoms with van der Waals surface area (Å²) >= 11 is 0. The minimum absolute atomic E-state index is 0.0281. The van der Waals surface area contributed by atoms with Crippen LogP contribution in [0.5, 0.6) is 23.0 Å². The van der Waals surface area contributed by atoms with Gasteiger partial charge in [0.05, 0.1) is 29.1 Å². The van der Waals surface area contributed by atoms with Gasteiger partial charge in [-0.3, -0.25) is 9.59 Å². The van der Waals surface area contributed by atoms with E-state index in [-0.39, 0.29) is 29.0 Å². The molecule has 1 spiro atoms. The van der Waals surface area contributed by atoms with E-state index < -0.39 is 46.9 Å². The first kappa shape index (κ1) is 34.4. The van der Waals surface area contributed by atoms with Crippen molar-refractivity contribution in [3.05, 3.63) is 82.9 Å². The van der Waals surface area contributed by atoms with Crippen LogP contribution in [-0.2, 0) is 24.7 Å². The number of esters is 3. The Kier molecular flexibility index (Phi) is 8.54. The molecule has 0 aromatic heterocycles. The summed E-state index contributed by atoms with van der Waals surface area (Å²) in [6.07, 6.45) is 1.09. The number of ether oxygens (including phenoxy) is 4. The summed E-state index contributed by atoms with van der Waals surface area (Å²) in [6.45, 7) is 18.2. The number of benzene rings is 3. The molecule has 9 heteroatoms. The average Bonchev–Trinajstić information content (AvgIpc) is 3.32. The molecule has 2 heterocycles. The number of phenols is 1. The minimum atomic E-state index is -1.37. The van der Waals surface area contributed by atoms with E-state index in [1.165, 1.54) is 19.2 Å². The van der Waals surface area contributed by atoms with E-state index in [1.54, 1.807) is 36.4 Å². The number of carbonyl (C=O) groups is 3. The van der Waals surface area contributed by atoms with E-state index in [4.69, 9.17) is 18.9 Å². The van der Waals surface area contributed by atoms with Crippen molar-refractivity contribution in [2.45, 2.75) is 72.6 Å². The molecule has 0 radical (unpaired) electrons. The van der Waals surface area contributed by atoms with Crippen LogP contribution in [0.3, 0.4) is 0 Å². The molecule has 1 N–H and O–H groups in total. The third-order valence-corrected chi connectivity index (χ3v) is 14.7. The summed E-state index contributed by atoms with van der Waals surface area (Å²) in [5, 5.41) is 9.93. The fourth-order valence-electron chi connectivity index (χ4n) is 6.70. The van der Waals surface area contributed by atoms with Crippen molar-refractivity contribution >= 4 is 25.8 Å². The monoisotopic (exact) mass is 660 g/mol. The molecule has 2 aliphatic heterocycles. The molecule has 2 aliphatic rings. The van der Waals surface area contributed by atoms with Crippen molar-refractivity contribution < 1.29 is 38.4 Å². The number of methoxy groups -OCH3 is 1. The van der Waals surface area contributed by atoms with Gasteiger partial charge in [-0.15, -0.1) is 7.92 Å². The molecule has 0 aliphatic carbocycles. The van der Waals surface area contributed by atoms with Crippen molar-refractivity contribution in [3.8, 4) is 23.0 Å². The van der Waals surface area contributed by atoms with E-state index in [2.05, 4.69) is 20.5 Å². The van der Waals surface area contributed by atoms with Gasteiger partial charge in [0.1, 0.15) is 11.5 Å². The van der Waals surface area contributed by atoms with Gasteiger partial charge in [-0.25, -0.2) is 4.79 Å². The average molecular weight is 661 g/mol. The maximum absolute atomic E-state index is 14.5. The predicted octanol–water partition coefficient (Wildman–Crippen LogP) is 8.40. The first-order valence-electron chi connectivity index (χ1n) is 15.9. The molecular weight excluding hydrogens is 615 g/mol. The number of para-hydroxylation sites is 1. The lowest BCUT2D eigenvalue weighted by molar-refractivity contribution is -0.153. The molecule has 0 fully saturated rings. The van der Waals surface area contributed by atoms with Crippen LogP contribution < -0.4 is 9.47 Å². The van der Waals surface area contributed by atoms with E-state index in [0.717, 1.165) is 0 Å². The maximum Gasteiger partial charge on any atom is 0.340 e. The topological polar surface area (TPSA) is 108 Å². The number of rotatable bonds is 8. The molecular formula is C38H45O8P. The maximum atomic E-state index is 14.5. The summed E-state index contributed by atoms with van der Waals surface area (Å²) in [5.41, 5.74) is -1.52. The van der Waals surface area contributed by atoms with Crippen LogP contribution in [0.2, 0.25) is 0 Å². The van der Waals surface area contributed by atoms with Crippen LogP contribution in [0.15, 0.2) is 60.7 Å². The Hall–Kier alpha value is -3.90. The highest BCUT2D eigenvalue weighted by atomic mass is 31.1. The summed E-state index contributed by atoms with van der Waals surface area (Å²) in [4.78, 5) is 40.8. The summed E-state index contributed by atoms with van der Waals surface area (Å²) in [5.74, 6) is -0.540. The Balaban J connectivity index is 1.59. The van der Waals surface area contributed by atoms with Crippen LogP contribution in [0.4, 0.5) is 0 Å². The smallest absolute Gasteiger partial charge is 0.340 e. The number of hydrogen-bond donors (Lipinski definition) is 1. The predicted molar refractivity (Wildman–Crippen MR) is 182 cm³/mol. The van der Waals surface area contributed by atoms with Crippen LogP contribution in [-0.4, -0.2) is 48.1 Å². The summed E-state index contributed by atoms with van der Waals surface area (Å²) in [7, 11) is 0.488. The summed E-state index contributed by atoms with van der Waals surface area (Å²) in [6, 6.07) is 17.1. The molecule has 4 unspecified atom stereocenters. The second-order valence-electron chi connectivity index (χ2n) is 14.6. The molecule has 3 aromatic rings. The van der Waals surface area contributed by atoms with E-state index >= 15 is 0 Å².